The fraction of sp³-hybridized carbons (Fsp3) is 0.353. The molecule has 6 heteroatoms. The van der Waals surface area contributed by atoms with Crippen LogP contribution in [-0.4, -0.2) is 15.7 Å². The first kappa shape index (κ1) is 15.4. The third kappa shape index (κ3) is 3.47. The van der Waals surface area contributed by atoms with E-state index in [1.807, 2.05) is 0 Å². The van der Waals surface area contributed by atoms with E-state index in [1.54, 1.807) is 25.1 Å². The number of nitrogens with zero attached hydrogens (tertiary/aromatic N) is 2. The van der Waals surface area contributed by atoms with Crippen LogP contribution >= 0.6 is 0 Å². The number of aromatic nitrogens is 2. The number of amides is 1. The Kier molecular flexibility index (Phi) is 4.23. The Labute approximate surface area is 133 Å². The van der Waals surface area contributed by atoms with E-state index in [-0.39, 0.29) is 17.9 Å². The van der Waals surface area contributed by atoms with Crippen molar-refractivity contribution < 1.29 is 9.18 Å². The van der Waals surface area contributed by atoms with E-state index in [0.29, 0.717) is 11.3 Å². The second kappa shape index (κ2) is 6.32. The standard InChI is InChI=1S/C17H18FN3O2/c1-11-6-7-13(9-14(11)18)19-16(22)10-21-17(23)8-12-4-2-3-5-15(12)20-21/h6-9H,2-5,10H2,1H3,(H,19,22). The molecule has 1 heterocycles. The second-order valence-electron chi connectivity index (χ2n) is 5.83. The molecule has 2 aromatic rings. The lowest BCUT2D eigenvalue weighted by atomic mass is 9.97. The maximum atomic E-state index is 13.5. The van der Waals surface area contributed by atoms with Crippen molar-refractivity contribution in [1.82, 2.24) is 9.78 Å². The monoisotopic (exact) mass is 315 g/mol. The lowest BCUT2D eigenvalue weighted by Crippen LogP contribution is -2.31. The summed E-state index contributed by atoms with van der Waals surface area (Å²) in [6.07, 6.45) is 3.82. The Morgan fingerprint density at radius 2 is 2.09 bits per heavy atom. The lowest BCUT2D eigenvalue weighted by molar-refractivity contribution is -0.117. The van der Waals surface area contributed by atoms with Crippen LogP contribution in [0.3, 0.4) is 0 Å². The topological polar surface area (TPSA) is 64.0 Å². The van der Waals surface area contributed by atoms with Crippen LogP contribution in [0, 0.1) is 12.7 Å². The minimum absolute atomic E-state index is 0.179. The highest BCUT2D eigenvalue weighted by molar-refractivity contribution is 5.90. The van der Waals surface area contributed by atoms with Crippen LogP contribution in [-0.2, 0) is 24.2 Å². The Hall–Kier alpha value is -2.50. The van der Waals surface area contributed by atoms with Gasteiger partial charge in [0.15, 0.2) is 0 Å². The number of hydrogen-bond donors (Lipinski definition) is 1. The van der Waals surface area contributed by atoms with Crippen molar-refractivity contribution in [1.29, 1.82) is 0 Å². The molecule has 0 atom stereocenters. The normalized spacial score (nSPS) is 13.5. The average Bonchev–Trinajstić information content (AvgIpc) is 2.51. The van der Waals surface area contributed by atoms with E-state index < -0.39 is 5.91 Å². The summed E-state index contributed by atoms with van der Waals surface area (Å²) in [5.41, 5.74) is 2.47. The van der Waals surface area contributed by atoms with E-state index in [0.717, 1.165) is 36.9 Å². The number of rotatable bonds is 3. The molecule has 5 nitrogen and oxygen atoms in total. The first-order valence-electron chi connectivity index (χ1n) is 7.69. The van der Waals surface area contributed by atoms with Crippen LogP contribution in [0.4, 0.5) is 10.1 Å². The van der Waals surface area contributed by atoms with Gasteiger partial charge in [-0.25, -0.2) is 9.07 Å². The van der Waals surface area contributed by atoms with Gasteiger partial charge in [-0.2, -0.15) is 5.10 Å². The van der Waals surface area contributed by atoms with E-state index >= 15 is 0 Å². The zero-order valence-electron chi connectivity index (χ0n) is 12.9. The summed E-state index contributed by atoms with van der Waals surface area (Å²) in [6, 6.07) is 6.05. The third-order valence-corrected chi connectivity index (χ3v) is 4.02. The number of carbonyl (C=O) groups is 1. The van der Waals surface area contributed by atoms with Crippen LogP contribution < -0.4 is 10.9 Å². The quantitative estimate of drug-likeness (QED) is 0.944. The summed E-state index contributed by atoms with van der Waals surface area (Å²) in [5.74, 6) is -0.787. The number of fused-ring (bicyclic) bond motifs is 1. The summed E-state index contributed by atoms with van der Waals surface area (Å²) in [7, 11) is 0. The number of nitrogens with one attached hydrogen (secondary N) is 1. The van der Waals surface area contributed by atoms with Gasteiger partial charge in [0.25, 0.3) is 5.56 Å². The van der Waals surface area contributed by atoms with Gasteiger partial charge in [-0.15, -0.1) is 0 Å². The van der Waals surface area contributed by atoms with Crippen molar-refractivity contribution in [2.45, 2.75) is 39.2 Å². The number of hydrogen-bond acceptors (Lipinski definition) is 3. The summed E-state index contributed by atoms with van der Waals surface area (Å²) < 4.78 is 14.7. The van der Waals surface area contributed by atoms with Gasteiger partial charge in [0.2, 0.25) is 5.91 Å². The minimum Gasteiger partial charge on any atom is -0.324 e. The third-order valence-electron chi connectivity index (χ3n) is 4.02. The maximum absolute atomic E-state index is 13.5. The SMILES string of the molecule is Cc1ccc(NC(=O)Cn2nc3c(cc2=O)CCCC3)cc1F. The summed E-state index contributed by atoms with van der Waals surface area (Å²) in [5, 5.41) is 6.88. The molecule has 0 saturated heterocycles. The molecule has 1 amide bonds. The maximum Gasteiger partial charge on any atom is 0.267 e. The van der Waals surface area contributed by atoms with Gasteiger partial charge < -0.3 is 5.32 Å². The number of halogens is 1. The van der Waals surface area contributed by atoms with Crippen LogP contribution in [0.2, 0.25) is 0 Å². The number of anilines is 1. The smallest absolute Gasteiger partial charge is 0.267 e. The zero-order chi connectivity index (χ0) is 16.4. The Balaban J connectivity index is 1.75. The Bertz CT molecular complexity index is 814. The molecular formula is C17H18FN3O2. The van der Waals surface area contributed by atoms with E-state index in [1.165, 1.54) is 10.7 Å². The predicted molar refractivity (Wildman–Crippen MR) is 84.9 cm³/mol. The van der Waals surface area contributed by atoms with Gasteiger partial charge >= 0.3 is 0 Å². The van der Waals surface area contributed by atoms with Crippen LogP contribution in [0.1, 0.15) is 29.7 Å². The molecule has 1 N–H and O–H groups in total. The average molecular weight is 315 g/mol. The Morgan fingerprint density at radius 1 is 1.30 bits per heavy atom. The molecule has 1 aromatic carbocycles. The second-order valence-corrected chi connectivity index (χ2v) is 5.83. The van der Waals surface area contributed by atoms with E-state index in [9.17, 15) is 14.0 Å². The first-order valence-corrected chi connectivity index (χ1v) is 7.69. The molecule has 0 aliphatic heterocycles. The van der Waals surface area contributed by atoms with Crippen molar-refractivity contribution >= 4 is 11.6 Å². The molecular weight excluding hydrogens is 297 g/mol. The molecule has 1 aliphatic rings. The van der Waals surface area contributed by atoms with Crippen molar-refractivity contribution in [2.24, 2.45) is 0 Å². The number of aryl methyl sites for hydroxylation is 3. The molecule has 23 heavy (non-hydrogen) atoms. The summed E-state index contributed by atoms with van der Waals surface area (Å²) >= 11 is 0. The highest BCUT2D eigenvalue weighted by atomic mass is 19.1. The van der Waals surface area contributed by atoms with E-state index in [4.69, 9.17) is 0 Å². The molecule has 0 unspecified atom stereocenters. The molecule has 3 rings (SSSR count). The number of carbonyl (C=O) groups excluding carboxylic acids is 1. The zero-order valence-corrected chi connectivity index (χ0v) is 12.9. The van der Waals surface area contributed by atoms with Gasteiger partial charge in [-0.1, -0.05) is 6.07 Å². The van der Waals surface area contributed by atoms with Gasteiger partial charge in [-0.3, -0.25) is 9.59 Å². The minimum atomic E-state index is -0.404. The first-order chi connectivity index (χ1) is 11.0. The molecule has 0 radical (unpaired) electrons. The van der Waals surface area contributed by atoms with Crippen LogP contribution in [0.15, 0.2) is 29.1 Å². The highest BCUT2D eigenvalue weighted by Gasteiger charge is 2.15. The number of benzene rings is 1. The van der Waals surface area contributed by atoms with Crippen molar-refractivity contribution in [3.8, 4) is 0 Å². The largest absolute Gasteiger partial charge is 0.324 e. The lowest BCUT2D eigenvalue weighted by Gasteiger charge is -2.15. The summed E-state index contributed by atoms with van der Waals surface area (Å²) in [6.45, 7) is 1.47. The van der Waals surface area contributed by atoms with E-state index in [2.05, 4.69) is 10.4 Å². The van der Waals surface area contributed by atoms with Crippen molar-refractivity contribution in [3.63, 3.8) is 0 Å². The van der Waals surface area contributed by atoms with Crippen LogP contribution in [0.5, 0.6) is 0 Å². The predicted octanol–water partition coefficient (Wildman–Crippen LogP) is 2.21. The molecule has 1 aliphatic carbocycles. The molecule has 0 saturated carbocycles. The van der Waals surface area contributed by atoms with Crippen molar-refractivity contribution in [2.75, 3.05) is 5.32 Å². The molecule has 1 aromatic heterocycles. The van der Waals surface area contributed by atoms with Gasteiger partial charge in [0.1, 0.15) is 12.4 Å². The molecule has 0 bridgehead atoms. The van der Waals surface area contributed by atoms with Crippen molar-refractivity contribution in [3.05, 3.63) is 57.3 Å². The molecule has 120 valence electrons. The fourth-order valence-corrected chi connectivity index (χ4v) is 2.72. The Morgan fingerprint density at radius 3 is 2.87 bits per heavy atom. The summed E-state index contributed by atoms with van der Waals surface area (Å²) in [4.78, 5) is 24.1. The fourth-order valence-electron chi connectivity index (χ4n) is 2.72. The van der Waals surface area contributed by atoms with Gasteiger partial charge in [0, 0.05) is 11.8 Å². The van der Waals surface area contributed by atoms with Gasteiger partial charge in [0.05, 0.1) is 5.69 Å². The highest BCUT2D eigenvalue weighted by Crippen LogP contribution is 2.17. The molecule has 0 spiro atoms. The van der Waals surface area contributed by atoms with Gasteiger partial charge in [-0.05, 0) is 55.9 Å². The molecule has 0 fully saturated rings. The van der Waals surface area contributed by atoms with Crippen LogP contribution in [0.25, 0.3) is 0 Å².